The van der Waals surface area contributed by atoms with Crippen LogP contribution in [0.3, 0.4) is 0 Å². The van der Waals surface area contributed by atoms with Crippen LogP contribution in [0.5, 0.6) is 0 Å². The minimum absolute atomic E-state index is 0.252. The lowest BCUT2D eigenvalue weighted by Crippen LogP contribution is -2.24. The van der Waals surface area contributed by atoms with Crippen molar-refractivity contribution in [2.75, 3.05) is 18.0 Å². The number of thiazole rings is 1. The molecule has 1 fully saturated rings. The van der Waals surface area contributed by atoms with Gasteiger partial charge < -0.3 is 9.64 Å². The second-order valence-corrected chi connectivity index (χ2v) is 6.73. The fourth-order valence-electron chi connectivity index (χ4n) is 2.68. The number of hydrogen-bond acceptors (Lipinski definition) is 6. The molecule has 1 atom stereocenters. The summed E-state index contributed by atoms with van der Waals surface area (Å²) in [6.07, 6.45) is 2.15. The van der Waals surface area contributed by atoms with Gasteiger partial charge in [-0.3, -0.25) is 0 Å². The van der Waals surface area contributed by atoms with Crippen LogP contribution in [0.25, 0.3) is 0 Å². The summed E-state index contributed by atoms with van der Waals surface area (Å²) in [7, 11) is 0. The first kappa shape index (κ1) is 15.4. The van der Waals surface area contributed by atoms with Crippen molar-refractivity contribution < 1.29 is 4.74 Å². The predicted octanol–water partition coefficient (Wildman–Crippen LogP) is 2.91. The van der Waals surface area contributed by atoms with Crippen LogP contribution < -0.4 is 4.90 Å². The van der Waals surface area contributed by atoms with E-state index in [0.717, 1.165) is 54.0 Å². The average Bonchev–Trinajstić information content (AvgIpc) is 3.13. The molecule has 22 heavy (non-hydrogen) atoms. The Balaban J connectivity index is 1.58. The Kier molecular flexibility index (Phi) is 4.69. The van der Waals surface area contributed by atoms with E-state index in [9.17, 15) is 0 Å². The van der Waals surface area contributed by atoms with Gasteiger partial charge in [-0.05, 0) is 20.3 Å². The van der Waals surface area contributed by atoms with E-state index in [-0.39, 0.29) is 6.10 Å². The summed E-state index contributed by atoms with van der Waals surface area (Å²) >= 11 is 1.67. The first-order valence-corrected chi connectivity index (χ1v) is 8.64. The SMILES string of the molecule is CCc1nc(C)cc(N2CCC(OCc3csc(C)n3)C2)n1. The molecule has 0 spiro atoms. The molecule has 0 aliphatic carbocycles. The lowest BCUT2D eigenvalue weighted by atomic mass is 10.3. The summed E-state index contributed by atoms with van der Waals surface area (Å²) in [5.41, 5.74) is 2.07. The first-order valence-electron chi connectivity index (χ1n) is 7.76. The number of nitrogens with zero attached hydrogens (tertiary/aromatic N) is 4. The fraction of sp³-hybridized carbons (Fsp3) is 0.562. The molecule has 3 heterocycles. The summed E-state index contributed by atoms with van der Waals surface area (Å²) in [6.45, 7) is 8.62. The fourth-order valence-corrected chi connectivity index (χ4v) is 3.28. The van der Waals surface area contributed by atoms with E-state index in [2.05, 4.69) is 38.2 Å². The van der Waals surface area contributed by atoms with Gasteiger partial charge in [-0.25, -0.2) is 15.0 Å². The van der Waals surface area contributed by atoms with Gasteiger partial charge in [0.25, 0.3) is 0 Å². The third-order valence-corrected chi connectivity index (χ3v) is 4.63. The molecule has 2 aromatic heterocycles. The monoisotopic (exact) mass is 318 g/mol. The average molecular weight is 318 g/mol. The van der Waals surface area contributed by atoms with Crippen LogP contribution in [0.4, 0.5) is 5.82 Å². The molecule has 1 aliphatic rings. The van der Waals surface area contributed by atoms with Crippen LogP contribution in [0.1, 0.15) is 35.6 Å². The first-order chi connectivity index (χ1) is 10.6. The third kappa shape index (κ3) is 3.62. The van der Waals surface area contributed by atoms with E-state index in [4.69, 9.17) is 4.74 Å². The molecule has 0 radical (unpaired) electrons. The van der Waals surface area contributed by atoms with Crippen LogP contribution >= 0.6 is 11.3 Å². The van der Waals surface area contributed by atoms with Gasteiger partial charge in [0.05, 0.1) is 23.4 Å². The molecule has 118 valence electrons. The van der Waals surface area contributed by atoms with Crippen molar-refractivity contribution in [1.82, 2.24) is 15.0 Å². The van der Waals surface area contributed by atoms with Gasteiger partial charge in [-0.2, -0.15) is 0 Å². The molecule has 2 aromatic rings. The zero-order chi connectivity index (χ0) is 15.5. The molecular formula is C16H22N4OS. The van der Waals surface area contributed by atoms with Gasteiger partial charge in [0, 0.05) is 36.7 Å². The van der Waals surface area contributed by atoms with Crippen LogP contribution in [0.15, 0.2) is 11.4 Å². The highest BCUT2D eigenvalue weighted by Crippen LogP contribution is 2.22. The molecule has 1 saturated heterocycles. The van der Waals surface area contributed by atoms with E-state index in [0.29, 0.717) is 6.61 Å². The highest BCUT2D eigenvalue weighted by molar-refractivity contribution is 7.09. The highest BCUT2D eigenvalue weighted by Gasteiger charge is 2.24. The number of anilines is 1. The Morgan fingerprint density at radius 2 is 2.18 bits per heavy atom. The van der Waals surface area contributed by atoms with Crippen LogP contribution in [-0.2, 0) is 17.8 Å². The summed E-state index contributed by atoms with van der Waals surface area (Å²) < 4.78 is 6.00. The van der Waals surface area contributed by atoms with Crippen molar-refractivity contribution in [2.45, 2.75) is 46.3 Å². The van der Waals surface area contributed by atoms with Gasteiger partial charge in [0.15, 0.2) is 0 Å². The molecule has 6 heteroatoms. The van der Waals surface area contributed by atoms with E-state index < -0.39 is 0 Å². The van der Waals surface area contributed by atoms with E-state index >= 15 is 0 Å². The quantitative estimate of drug-likeness (QED) is 0.848. The van der Waals surface area contributed by atoms with Gasteiger partial charge in [-0.15, -0.1) is 11.3 Å². The molecule has 0 N–H and O–H groups in total. The lowest BCUT2D eigenvalue weighted by molar-refractivity contribution is 0.0535. The second-order valence-electron chi connectivity index (χ2n) is 5.66. The number of ether oxygens (including phenoxy) is 1. The number of aryl methyl sites for hydroxylation is 3. The van der Waals surface area contributed by atoms with Crippen molar-refractivity contribution in [2.24, 2.45) is 0 Å². The largest absolute Gasteiger partial charge is 0.370 e. The van der Waals surface area contributed by atoms with E-state index in [1.165, 1.54) is 0 Å². The molecule has 3 rings (SSSR count). The molecule has 0 bridgehead atoms. The third-order valence-electron chi connectivity index (χ3n) is 3.81. The van der Waals surface area contributed by atoms with Crippen LogP contribution in [0, 0.1) is 13.8 Å². The van der Waals surface area contributed by atoms with Crippen LogP contribution in [-0.4, -0.2) is 34.1 Å². The van der Waals surface area contributed by atoms with E-state index in [1.54, 1.807) is 11.3 Å². The zero-order valence-corrected chi connectivity index (χ0v) is 14.2. The molecule has 0 saturated carbocycles. The van der Waals surface area contributed by atoms with Crippen molar-refractivity contribution in [3.63, 3.8) is 0 Å². The van der Waals surface area contributed by atoms with Crippen molar-refractivity contribution in [1.29, 1.82) is 0 Å². The zero-order valence-electron chi connectivity index (χ0n) is 13.4. The highest BCUT2D eigenvalue weighted by atomic mass is 32.1. The van der Waals surface area contributed by atoms with E-state index in [1.807, 2.05) is 13.8 Å². The number of rotatable bonds is 5. The van der Waals surface area contributed by atoms with Gasteiger partial charge in [0.2, 0.25) is 0 Å². The van der Waals surface area contributed by atoms with Gasteiger partial charge in [-0.1, -0.05) is 6.92 Å². The lowest BCUT2D eigenvalue weighted by Gasteiger charge is -2.18. The molecule has 0 aromatic carbocycles. The smallest absolute Gasteiger partial charge is 0.132 e. The number of hydrogen-bond donors (Lipinski definition) is 0. The Morgan fingerprint density at radius 1 is 1.32 bits per heavy atom. The van der Waals surface area contributed by atoms with Gasteiger partial charge in [0.1, 0.15) is 11.6 Å². The maximum atomic E-state index is 6.00. The van der Waals surface area contributed by atoms with Crippen molar-refractivity contribution in [3.8, 4) is 0 Å². The Labute approximate surface area is 135 Å². The normalized spacial score (nSPS) is 18.1. The topological polar surface area (TPSA) is 51.1 Å². The van der Waals surface area contributed by atoms with Crippen molar-refractivity contribution in [3.05, 3.63) is 33.7 Å². The Hall–Kier alpha value is -1.53. The summed E-state index contributed by atoms with van der Waals surface area (Å²) in [6, 6.07) is 2.06. The minimum Gasteiger partial charge on any atom is -0.370 e. The molecule has 1 unspecified atom stereocenters. The summed E-state index contributed by atoms with van der Waals surface area (Å²) in [5, 5.41) is 3.17. The standard InChI is InChI=1S/C16H22N4OS/c1-4-15-17-11(2)7-16(19-15)20-6-5-14(8-20)21-9-13-10-22-12(3)18-13/h7,10,14H,4-6,8-9H2,1-3H3. The van der Waals surface area contributed by atoms with Crippen LogP contribution in [0.2, 0.25) is 0 Å². The number of aromatic nitrogens is 3. The van der Waals surface area contributed by atoms with Crippen molar-refractivity contribution >= 4 is 17.2 Å². The summed E-state index contributed by atoms with van der Waals surface area (Å²) in [5.74, 6) is 1.94. The molecule has 0 amide bonds. The maximum absolute atomic E-state index is 6.00. The predicted molar refractivity (Wildman–Crippen MR) is 88.4 cm³/mol. The molecular weight excluding hydrogens is 296 g/mol. The van der Waals surface area contributed by atoms with Gasteiger partial charge >= 0.3 is 0 Å². The second kappa shape index (κ2) is 6.71. The summed E-state index contributed by atoms with van der Waals surface area (Å²) in [4.78, 5) is 15.8. The molecule has 5 nitrogen and oxygen atoms in total. The molecule has 1 aliphatic heterocycles. The maximum Gasteiger partial charge on any atom is 0.132 e. The Morgan fingerprint density at radius 3 is 2.91 bits per heavy atom. The minimum atomic E-state index is 0.252. The Bertz CT molecular complexity index is 643.